The van der Waals surface area contributed by atoms with Crippen molar-refractivity contribution in [1.29, 1.82) is 0 Å². The largest absolute Gasteiger partial charge is 0.397 e. The molecule has 4 nitrogen and oxygen atoms in total. The summed E-state index contributed by atoms with van der Waals surface area (Å²) in [6.45, 7) is 0. The molecule has 0 atom stereocenters. The Bertz CT molecular complexity index is 394. The van der Waals surface area contributed by atoms with Crippen molar-refractivity contribution in [2.45, 2.75) is 19.3 Å². The number of nitrogen functional groups attached to an aromatic ring is 2. The van der Waals surface area contributed by atoms with Gasteiger partial charge in [0.05, 0.1) is 11.4 Å². The summed E-state index contributed by atoms with van der Waals surface area (Å²) in [5.74, 6) is 0.264. The highest BCUT2D eigenvalue weighted by atomic mass is 32.2. The lowest BCUT2D eigenvalue weighted by Crippen LogP contribution is -1.96. The number of thiol groups is 1. The molecule has 1 aromatic carbocycles. The highest BCUT2D eigenvalue weighted by Gasteiger charge is 1.98. The molecule has 0 fully saturated rings. The van der Waals surface area contributed by atoms with Crippen LogP contribution >= 0.6 is 0 Å². The van der Waals surface area contributed by atoms with E-state index in [1.165, 1.54) is 0 Å². The fourth-order valence-corrected chi connectivity index (χ4v) is 1.83. The number of benzene rings is 1. The molecule has 1 aromatic rings. The van der Waals surface area contributed by atoms with Gasteiger partial charge in [-0.05, 0) is 37.0 Å². The third-order valence-electron chi connectivity index (χ3n) is 2.21. The van der Waals surface area contributed by atoms with Gasteiger partial charge in [-0.2, -0.15) is 0 Å². The molecule has 84 valence electrons. The second-order valence-corrected chi connectivity index (χ2v) is 4.59. The zero-order valence-electron chi connectivity index (χ0n) is 8.48. The Kier molecular flexibility index (Phi) is 4.42. The van der Waals surface area contributed by atoms with Crippen molar-refractivity contribution in [3.63, 3.8) is 0 Å². The third-order valence-corrected chi connectivity index (χ3v) is 2.89. The van der Waals surface area contributed by atoms with Gasteiger partial charge in [-0.1, -0.05) is 6.07 Å². The Morgan fingerprint density at radius 2 is 1.80 bits per heavy atom. The second kappa shape index (κ2) is 5.60. The maximum Gasteiger partial charge on any atom is 0.140 e. The predicted molar refractivity (Wildman–Crippen MR) is 63.4 cm³/mol. The number of unbranched alkanes of at least 4 members (excludes halogenated alkanes) is 1. The van der Waals surface area contributed by atoms with Crippen molar-refractivity contribution in [2.75, 3.05) is 17.2 Å². The minimum absolute atomic E-state index is 0.264. The van der Waals surface area contributed by atoms with E-state index in [0.717, 1.165) is 18.4 Å². The summed E-state index contributed by atoms with van der Waals surface area (Å²) in [6, 6.07) is 5.54. The molecule has 15 heavy (non-hydrogen) atoms. The summed E-state index contributed by atoms with van der Waals surface area (Å²) >= 11 is 0. The first-order valence-electron chi connectivity index (χ1n) is 4.85. The maximum atomic E-state index is 10.3. The minimum atomic E-state index is -2.24. The molecular formula is C10H16N2O2S. The van der Waals surface area contributed by atoms with E-state index in [9.17, 15) is 8.42 Å². The van der Waals surface area contributed by atoms with E-state index in [-0.39, 0.29) is 5.75 Å². The number of rotatable bonds is 5. The van der Waals surface area contributed by atoms with Crippen LogP contribution in [0.4, 0.5) is 11.4 Å². The fraction of sp³-hybridized carbons (Fsp3) is 0.400. The maximum absolute atomic E-state index is 10.3. The summed E-state index contributed by atoms with van der Waals surface area (Å²) in [4.78, 5) is 0. The smallest absolute Gasteiger partial charge is 0.140 e. The van der Waals surface area contributed by atoms with E-state index in [1.54, 1.807) is 6.07 Å². The van der Waals surface area contributed by atoms with Crippen molar-refractivity contribution in [3.8, 4) is 0 Å². The molecule has 0 saturated carbocycles. The van der Waals surface area contributed by atoms with Gasteiger partial charge in [-0.15, -0.1) is 0 Å². The van der Waals surface area contributed by atoms with Crippen LogP contribution in [-0.4, -0.2) is 14.2 Å². The first kappa shape index (κ1) is 11.8. The fourth-order valence-electron chi connectivity index (χ4n) is 1.35. The monoisotopic (exact) mass is 228 g/mol. The third kappa shape index (κ3) is 4.20. The molecular weight excluding hydrogens is 212 g/mol. The van der Waals surface area contributed by atoms with Crippen LogP contribution in [0, 0.1) is 0 Å². The van der Waals surface area contributed by atoms with E-state index in [2.05, 4.69) is 0 Å². The lowest BCUT2D eigenvalue weighted by atomic mass is 10.1. The highest BCUT2D eigenvalue weighted by molar-refractivity contribution is 7.72. The van der Waals surface area contributed by atoms with Gasteiger partial charge in [0.1, 0.15) is 10.7 Å². The molecule has 0 amide bonds. The predicted octanol–water partition coefficient (Wildman–Crippen LogP) is 0.785. The minimum Gasteiger partial charge on any atom is -0.397 e. The van der Waals surface area contributed by atoms with Crippen molar-refractivity contribution < 1.29 is 8.42 Å². The summed E-state index contributed by atoms with van der Waals surface area (Å²) in [5, 5.41) is 0. The van der Waals surface area contributed by atoms with Gasteiger partial charge in [-0.3, -0.25) is 0 Å². The average Bonchev–Trinajstić information content (AvgIpc) is 2.18. The van der Waals surface area contributed by atoms with Gasteiger partial charge in [0.2, 0.25) is 0 Å². The molecule has 0 aromatic heterocycles. The molecule has 0 bridgehead atoms. The Morgan fingerprint density at radius 3 is 2.40 bits per heavy atom. The molecule has 1 rings (SSSR count). The van der Waals surface area contributed by atoms with Gasteiger partial charge in [-0.25, -0.2) is 8.42 Å². The van der Waals surface area contributed by atoms with E-state index in [0.29, 0.717) is 17.8 Å². The quantitative estimate of drug-likeness (QED) is 0.395. The van der Waals surface area contributed by atoms with Crippen molar-refractivity contribution in [2.24, 2.45) is 0 Å². The first-order chi connectivity index (χ1) is 7.09. The van der Waals surface area contributed by atoms with Crippen molar-refractivity contribution in [3.05, 3.63) is 23.8 Å². The lowest BCUT2D eigenvalue weighted by molar-refractivity contribution is 0.610. The summed E-state index contributed by atoms with van der Waals surface area (Å²) in [7, 11) is -2.24. The Balaban J connectivity index is 2.41. The number of aryl methyl sites for hydroxylation is 1. The molecule has 4 N–H and O–H groups in total. The van der Waals surface area contributed by atoms with Crippen LogP contribution in [0.2, 0.25) is 0 Å². The Labute approximate surface area is 91.2 Å². The summed E-state index contributed by atoms with van der Waals surface area (Å²) in [5.41, 5.74) is 13.5. The average molecular weight is 228 g/mol. The van der Waals surface area contributed by atoms with Crippen LogP contribution in [0.3, 0.4) is 0 Å². The van der Waals surface area contributed by atoms with E-state index >= 15 is 0 Å². The number of hydrogen-bond donors (Lipinski definition) is 3. The summed E-state index contributed by atoms with van der Waals surface area (Å²) < 4.78 is 20.6. The molecule has 0 aliphatic carbocycles. The molecule has 0 heterocycles. The van der Waals surface area contributed by atoms with Crippen LogP contribution in [0.25, 0.3) is 0 Å². The number of anilines is 2. The normalized spacial score (nSPS) is 10.7. The summed E-state index contributed by atoms with van der Waals surface area (Å²) in [6.07, 6.45) is 2.39. The Hall–Kier alpha value is -1.23. The van der Waals surface area contributed by atoms with Gasteiger partial charge < -0.3 is 11.5 Å². The highest BCUT2D eigenvalue weighted by Crippen LogP contribution is 2.17. The first-order valence-corrected chi connectivity index (χ1v) is 6.21. The van der Waals surface area contributed by atoms with Crippen LogP contribution < -0.4 is 11.5 Å². The van der Waals surface area contributed by atoms with Crippen LogP contribution in [0.5, 0.6) is 0 Å². The zero-order valence-corrected chi connectivity index (χ0v) is 9.37. The van der Waals surface area contributed by atoms with Crippen molar-refractivity contribution in [1.82, 2.24) is 0 Å². The molecule has 5 heteroatoms. The second-order valence-electron chi connectivity index (χ2n) is 3.48. The SMILES string of the molecule is Nc1ccc(CCCC[SH](=O)=O)cc1N. The van der Waals surface area contributed by atoms with E-state index in [1.807, 2.05) is 12.1 Å². The van der Waals surface area contributed by atoms with E-state index < -0.39 is 10.7 Å². The van der Waals surface area contributed by atoms with E-state index in [4.69, 9.17) is 11.5 Å². The Morgan fingerprint density at radius 1 is 1.07 bits per heavy atom. The molecule has 0 saturated heterocycles. The molecule has 0 aliphatic heterocycles. The van der Waals surface area contributed by atoms with Crippen molar-refractivity contribution >= 4 is 22.1 Å². The molecule has 0 spiro atoms. The van der Waals surface area contributed by atoms with Gasteiger partial charge >= 0.3 is 0 Å². The lowest BCUT2D eigenvalue weighted by Gasteiger charge is -2.04. The van der Waals surface area contributed by atoms with Gasteiger partial charge in [0, 0.05) is 5.75 Å². The molecule has 0 unspecified atom stereocenters. The van der Waals surface area contributed by atoms with Crippen LogP contribution in [0.15, 0.2) is 18.2 Å². The topological polar surface area (TPSA) is 86.2 Å². The standard InChI is InChI=1S/C10H16N2O2S/c11-9-5-4-8(7-10(9)12)3-1-2-6-15(13)14/h4-5,7,15H,1-3,6,11-12H2. The number of hydrogen-bond acceptors (Lipinski definition) is 4. The molecule has 0 aliphatic rings. The van der Waals surface area contributed by atoms with Crippen LogP contribution in [-0.2, 0) is 17.1 Å². The van der Waals surface area contributed by atoms with Crippen LogP contribution in [0.1, 0.15) is 18.4 Å². The van der Waals surface area contributed by atoms with Gasteiger partial charge in [0.15, 0.2) is 0 Å². The molecule has 0 radical (unpaired) electrons. The van der Waals surface area contributed by atoms with Gasteiger partial charge in [0.25, 0.3) is 0 Å². The number of nitrogens with two attached hydrogens (primary N) is 2. The zero-order chi connectivity index (χ0) is 11.3.